The van der Waals surface area contributed by atoms with Gasteiger partial charge in [-0.15, -0.1) is 0 Å². The SMILES string of the molecule is CNc1nc(C(C)(C)C)nc(-c2ccccc2C)c1C. The predicted octanol–water partition coefficient (Wildman–Crippen LogP) is 4.10. The quantitative estimate of drug-likeness (QED) is 0.892. The maximum absolute atomic E-state index is 4.83. The summed E-state index contributed by atoms with van der Waals surface area (Å²) < 4.78 is 0. The van der Waals surface area contributed by atoms with Gasteiger partial charge in [0.05, 0.1) is 5.69 Å². The first-order valence-electron chi connectivity index (χ1n) is 6.97. The summed E-state index contributed by atoms with van der Waals surface area (Å²) in [7, 11) is 1.91. The van der Waals surface area contributed by atoms with Gasteiger partial charge in [-0.05, 0) is 19.4 Å². The van der Waals surface area contributed by atoms with E-state index in [0.29, 0.717) is 0 Å². The van der Waals surface area contributed by atoms with Gasteiger partial charge in [-0.3, -0.25) is 0 Å². The molecule has 2 aromatic rings. The van der Waals surface area contributed by atoms with E-state index in [1.165, 1.54) is 11.1 Å². The average Bonchev–Trinajstić information content (AvgIpc) is 2.38. The molecule has 0 saturated heterocycles. The zero-order valence-electron chi connectivity index (χ0n) is 13.2. The van der Waals surface area contributed by atoms with E-state index in [0.717, 1.165) is 22.9 Å². The molecule has 0 aliphatic carbocycles. The Morgan fingerprint density at radius 2 is 1.65 bits per heavy atom. The number of rotatable bonds is 2. The van der Waals surface area contributed by atoms with Crippen molar-refractivity contribution in [3.63, 3.8) is 0 Å². The van der Waals surface area contributed by atoms with Crippen LogP contribution in [-0.2, 0) is 5.41 Å². The molecular formula is C17H23N3. The molecule has 0 bridgehead atoms. The number of nitrogens with one attached hydrogen (secondary N) is 1. The Hall–Kier alpha value is -1.90. The molecule has 0 saturated carbocycles. The summed E-state index contributed by atoms with van der Waals surface area (Å²) in [6.07, 6.45) is 0. The maximum atomic E-state index is 4.83. The minimum atomic E-state index is -0.0727. The molecule has 0 fully saturated rings. The molecule has 0 radical (unpaired) electrons. The normalized spacial score (nSPS) is 11.5. The monoisotopic (exact) mass is 269 g/mol. The smallest absolute Gasteiger partial charge is 0.136 e. The molecule has 0 atom stereocenters. The van der Waals surface area contributed by atoms with Gasteiger partial charge in [-0.25, -0.2) is 9.97 Å². The summed E-state index contributed by atoms with van der Waals surface area (Å²) in [6, 6.07) is 8.35. The summed E-state index contributed by atoms with van der Waals surface area (Å²) in [5.74, 6) is 1.77. The summed E-state index contributed by atoms with van der Waals surface area (Å²) >= 11 is 0. The number of nitrogens with zero attached hydrogens (tertiary/aromatic N) is 2. The third kappa shape index (κ3) is 2.67. The summed E-state index contributed by atoms with van der Waals surface area (Å²) in [5.41, 5.74) is 4.45. The third-order valence-electron chi connectivity index (χ3n) is 3.45. The van der Waals surface area contributed by atoms with Gasteiger partial charge in [0.25, 0.3) is 0 Å². The fourth-order valence-electron chi connectivity index (χ4n) is 2.20. The molecule has 3 heteroatoms. The van der Waals surface area contributed by atoms with Gasteiger partial charge in [0.2, 0.25) is 0 Å². The van der Waals surface area contributed by atoms with Crippen molar-refractivity contribution >= 4 is 5.82 Å². The Kier molecular flexibility index (Phi) is 3.80. The van der Waals surface area contributed by atoms with Crippen LogP contribution in [0.15, 0.2) is 24.3 Å². The first-order valence-corrected chi connectivity index (χ1v) is 6.97. The molecule has 0 unspecified atom stereocenters. The Bertz CT molecular complexity index is 625. The third-order valence-corrected chi connectivity index (χ3v) is 3.45. The van der Waals surface area contributed by atoms with Crippen LogP contribution in [0.25, 0.3) is 11.3 Å². The molecule has 0 amide bonds. The molecule has 20 heavy (non-hydrogen) atoms. The van der Waals surface area contributed by atoms with Crippen LogP contribution in [0.4, 0.5) is 5.82 Å². The number of anilines is 1. The van der Waals surface area contributed by atoms with E-state index in [1.54, 1.807) is 0 Å². The predicted molar refractivity (Wildman–Crippen MR) is 85.2 cm³/mol. The van der Waals surface area contributed by atoms with Gasteiger partial charge in [0.1, 0.15) is 11.6 Å². The number of benzene rings is 1. The van der Waals surface area contributed by atoms with Gasteiger partial charge in [-0.2, -0.15) is 0 Å². The van der Waals surface area contributed by atoms with Crippen molar-refractivity contribution < 1.29 is 0 Å². The zero-order chi connectivity index (χ0) is 14.9. The van der Waals surface area contributed by atoms with E-state index in [1.807, 2.05) is 7.05 Å². The highest BCUT2D eigenvalue weighted by Crippen LogP contribution is 2.30. The second kappa shape index (κ2) is 5.23. The number of aryl methyl sites for hydroxylation is 1. The van der Waals surface area contributed by atoms with Crippen LogP contribution in [0.5, 0.6) is 0 Å². The van der Waals surface area contributed by atoms with Crippen molar-refractivity contribution in [2.75, 3.05) is 12.4 Å². The highest BCUT2D eigenvalue weighted by atomic mass is 15.0. The van der Waals surface area contributed by atoms with Crippen LogP contribution in [0.1, 0.15) is 37.7 Å². The average molecular weight is 269 g/mol. The Morgan fingerprint density at radius 3 is 2.20 bits per heavy atom. The van der Waals surface area contributed by atoms with Gasteiger partial charge in [-0.1, -0.05) is 45.0 Å². The minimum Gasteiger partial charge on any atom is -0.373 e. The van der Waals surface area contributed by atoms with Crippen LogP contribution in [-0.4, -0.2) is 17.0 Å². The van der Waals surface area contributed by atoms with Crippen molar-refractivity contribution in [2.24, 2.45) is 0 Å². The fraction of sp³-hybridized carbons (Fsp3) is 0.412. The molecule has 3 nitrogen and oxygen atoms in total. The van der Waals surface area contributed by atoms with Crippen molar-refractivity contribution in [2.45, 2.75) is 40.0 Å². The Balaban J connectivity index is 2.72. The van der Waals surface area contributed by atoms with E-state index in [4.69, 9.17) is 4.98 Å². The standard InChI is InChI=1S/C17H23N3/c1-11-9-7-8-10-13(11)14-12(2)15(18-6)20-16(19-14)17(3,4)5/h7-10H,1-6H3,(H,18,19,20). The highest BCUT2D eigenvalue weighted by Gasteiger charge is 2.21. The van der Waals surface area contributed by atoms with E-state index in [9.17, 15) is 0 Å². The molecule has 1 N–H and O–H groups in total. The molecule has 1 heterocycles. The van der Waals surface area contributed by atoms with Gasteiger partial charge in [0, 0.05) is 23.6 Å². The van der Waals surface area contributed by atoms with Crippen LogP contribution in [0.2, 0.25) is 0 Å². The minimum absolute atomic E-state index is 0.0727. The lowest BCUT2D eigenvalue weighted by Crippen LogP contribution is -2.18. The van der Waals surface area contributed by atoms with E-state index < -0.39 is 0 Å². The zero-order valence-corrected chi connectivity index (χ0v) is 13.2. The van der Waals surface area contributed by atoms with Crippen molar-refractivity contribution in [1.29, 1.82) is 0 Å². The van der Waals surface area contributed by atoms with Crippen molar-refractivity contribution in [3.05, 3.63) is 41.2 Å². The summed E-state index contributed by atoms with van der Waals surface area (Å²) in [5, 5.41) is 3.19. The summed E-state index contributed by atoms with van der Waals surface area (Å²) in [6.45, 7) is 10.6. The molecule has 0 spiro atoms. The molecule has 0 aliphatic rings. The lowest BCUT2D eigenvalue weighted by Gasteiger charge is -2.21. The molecule has 106 valence electrons. The molecule has 2 rings (SSSR count). The highest BCUT2D eigenvalue weighted by molar-refractivity contribution is 5.70. The lowest BCUT2D eigenvalue weighted by molar-refractivity contribution is 0.546. The Labute approximate surface area is 121 Å². The van der Waals surface area contributed by atoms with Gasteiger partial charge in [0.15, 0.2) is 0 Å². The second-order valence-electron chi connectivity index (χ2n) is 6.18. The van der Waals surface area contributed by atoms with Gasteiger partial charge >= 0.3 is 0 Å². The number of hydrogen-bond donors (Lipinski definition) is 1. The van der Waals surface area contributed by atoms with E-state index in [-0.39, 0.29) is 5.41 Å². The topological polar surface area (TPSA) is 37.8 Å². The van der Waals surface area contributed by atoms with Crippen molar-refractivity contribution in [1.82, 2.24) is 9.97 Å². The second-order valence-corrected chi connectivity index (χ2v) is 6.18. The Morgan fingerprint density at radius 1 is 1.00 bits per heavy atom. The summed E-state index contributed by atoms with van der Waals surface area (Å²) in [4.78, 5) is 9.49. The van der Waals surface area contributed by atoms with Gasteiger partial charge < -0.3 is 5.32 Å². The first kappa shape index (κ1) is 14.5. The fourth-order valence-corrected chi connectivity index (χ4v) is 2.20. The molecule has 1 aromatic heterocycles. The van der Waals surface area contributed by atoms with E-state index in [2.05, 4.69) is 69.2 Å². The number of aromatic nitrogens is 2. The van der Waals surface area contributed by atoms with Crippen LogP contribution >= 0.6 is 0 Å². The van der Waals surface area contributed by atoms with E-state index >= 15 is 0 Å². The number of hydrogen-bond acceptors (Lipinski definition) is 3. The van der Waals surface area contributed by atoms with Crippen LogP contribution in [0.3, 0.4) is 0 Å². The lowest BCUT2D eigenvalue weighted by atomic mass is 9.94. The van der Waals surface area contributed by atoms with Crippen LogP contribution in [0, 0.1) is 13.8 Å². The molecule has 0 aliphatic heterocycles. The molecule has 1 aromatic carbocycles. The first-order chi connectivity index (χ1) is 9.34. The largest absolute Gasteiger partial charge is 0.373 e. The van der Waals surface area contributed by atoms with Crippen molar-refractivity contribution in [3.8, 4) is 11.3 Å². The molecular weight excluding hydrogens is 246 g/mol. The van der Waals surface area contributed by atoms with Crippen LogP contribution < -0.4 is 5.32 Å². The maximum Gasteiger partial charge on any atom is 0.136 e.